The average molecular weight is 288 g/mol. The summed E-state index contributed by atoms with van der Waals surface area (Å²) < 4.78 is 6.57. The zero-order chi connectivity index (χ0) is 15.0. The molecule has 0 unspecified atom stereocenters. The Morgan fingerprint density at radius 2 is 2.05 bits per heavy atom. The van der Waals surface area contributed by atoms with Crippen molar-refractivity contribution in [3.05, 3.63) is 40.3 Å². The van der Waals surface area contributed by atoms with Gasteiger partial charge in [0.2, 0.25) is 0 Å². The predicted octanol–water partition coefficient (Wildman–Crippen LogP) is 1.06. The smallest absolute Gasteiger partial charge is 0.309 e. The van der Waals surface area contributed by atoms with E-state index >= 15 is 0 Å². The second-order valence-electron chi connectivity index (χ2n) is 5.83. The molecule has 1 aliphatic heterocycles. The molecule has 0 bridgehead atoms. The maximum absolute atomic E-state index is 12.5. The topological polar surface area (TPSA) is 81.4 Å². The zero-order valence-electron chi connectivity index (χ0n) is 11.7. The SMILES string of the molecule is CC1(Cn2nc(CC(=O)O)c3ccccc3c2=O)COC1. The molecule has 1 fully saturated rings. The Morgan fingerprint density at radius 1 is 1.38 bits per heavy atom. The van der Waals surface area contributed by atoms with Crippen LogP contribution in [0.4, 0.5) is 0 Å². The summed E-state index contributed by atoms with van der Waals surface area (Å²) in [5.41, 5.74) is 0.120. The van der Waals surface area contributed by atoms with Crippen LogP contribution in [0, 0.1) is 5.41 Å². The average Bonchev–Trinajstić information content (AvgIpc) is 2.42. The maximum Gasteiger partial charge on any atom is 0.309 e. The van der Waals surface area contributed by atoms with Crippen LogP contribution in [0.25, 0.3) is 10.8 Å². The Morgan fingerprint density at radius 3 is 2.62 bits per heavy atom. The normalized spacial score (nSPS) is 16.6. The highest BCUT2D eigenvalue weighted by Gasteiger charge is 2.34. The zero-order valence-corrected chi connectivity index (χ0v) is 11.7. The molecule has 6 nitrogen and oxygen atoms in total. The number of nitrogens with zero attached hydrogens (tertiary/aromatic N) is 2. The summed E-state index contributed by atoms with van der Waals surface area (Å²) >= 11 is 0. The van der Waals surface area contributed by atoms with Crippen LogP contribution < -0.4 is 5.56 Å². The summed E-state index contributed by atoms with van der Waals surface area (Å²) in [6.07, 6.45) is -0.200. The van der Waals surface area contributed by atoms with Crippen LogP contribution in [-0.4, -0.2) is 34.1 Å². The van der Waals surface area contributed by atoms with Crippen LogP contribution in [0.5, 0.6) is 0 Å². The number of carboxylic acid groups (broad SMARTS) is 1. The van der Waals surface area contributed by atoms with E-state index in [2.05, 4.69) is 5.10 Å². The van der Waals surface area contributed by atoms with E-state index in [9.17, 15) is 9.59 Å². The Balaban J connectivity index is 2.13. The monoisotopic (exact) mass is 288 g/mol. The number of benzene rings is 1. The molecule has 0 aliphatic carbocycles. The van der Waals surface area contributed by atoms with Gasteiger partial charge in [0, 0.05) is 10.8 Å². The molecule has 21 heavy (non-hydrogen) atoms. The highest BCUT2D eigenvalue weighted by atomic mass is 16.5. The van der Waals surface area contributed by atoms with Crippen molar-refractivity contribution < 1.29 is 14.6 Å². The van der Waals surface area contributed by atoms with Gasteiger partial charge in [-0.3, -0.25) is 9.59 Å². The lowest BCUT2D eigenvalue weighted by molar-refractivity contribution is -0.136. The second-order valence-corrected chi connectivity index (χ2v) is 5.83. The summed E-state index contributed by atoms with van der Waals surface area (Å²) in [5, 5.41) is 14.4. The van der Waals surface area contributed by atoms with E-state index in [4.69, 9.17) is 9.84 Å². The van der Waals surface area contributed by atoms with Gasteiger partial charge in [0.05, 0.1) is 37.3 Å². The number of carbonyl (C=O) groups is 1. The Hall–Kier alpha value is -2.21. The van der Waals surface area contributed by atoms with Gasteiger partial charge in [-0.2, -0.15) is 5.10 Å². The Bertz CT molecular complexity index is 762. The molecule has 1 aromatic heterocycles. The summed E-state index contributed by atoms with van der Waals surface area (Å²) in [7, 11) is 0. The molecule has 2 heterocycles. The Labute approximate surface area is 121 Å². The van der Waals surface area contributed by atoms with Crippen LogP contribution in [-0.2, 0) is 22.5 Å². The molecule has 0 atom stereocenters. The molecule has 6 heteroatoms. The number of fused-ring (bicyclic) bond motifs is 1. The second kappa shape index (κ2) is 4.96. The first-order valence-corrected chi connectivity index (χ1v) is 6.77. The van der Waals surface area contributed by atoms with Crippen molar-refractivity contribution in [2.24, 2.45) is 5.41 Å². The molecule has 2 aromatic rings. The lowest BCUT2D eigenvalue weighted by atomic mass is 9.89. The largest absolute Gasteiger partial charge is 0.481 e. The van der Waals surface area contributed by atoms with E-state index in [1.165, 1.54) is 4.68 Å². The molecule has 110 valence electrons. The number of rotatable bonds is 4. The fourth-order valence-corrected chi connectivity index (χ4v) is 2.59. The maximum atomic E-state index is 12.5. The van der Waals surface area contributed by atoms with Gasteiger partial charge < -0.3 is 9.84 Å². The van der Waals surface area contributed by atoms with Crippen LogP contribution in [0.1, 0.15) is 12.6 Å². The van der Waals surface area contributed by atoms with E-state index in [-0.39, 0.29) is 17.4 Å². The number of ether oxygens (including phenoxy) is 1. The van der Waals surface area contributed by atoms with Gasteiger partial charge in [-0.15, -0.1) is 0 Å². The number of hydrogen-bond donors (Lipinski definition) is 1. The van der Waals surface area contributed by atoms with E-state index in [1.807, 2.05) is 6.92 Å². The predicted molar refractivity (Wildman–Crippen MR) is 76.3 cm³/mol. The highest BCUT2D eigenvalue weighted by molar-refractivity contribution is 5.86. The van der Waals surface area contributed by atoms with Crippen molar-refractivity contribution >= 4 is 16.7 Å². The third kappa shape index (κ3) is 2.54. The van der Waals surface area contributed by atoms with Crippen LogP contribution in [0.3, 0.4) is 0 Å². The Kier molecular flexibility index (Phi) is 3.25. The van der Waals surface area contributed by atoms with E-state index in [0.29, 0.717) is 36.2 Å². The summed E-state index contributed by atoms with van der Waals surface area (Å²) in [6, 6.07) is 6.99. The molecule has 1 aromatic carbocycles. The van der Waals surface area contributed by atoms with Crippen molar-refractivity contribution in [3.8, 4) is 0 Å². The van der Waals surface area contributed by atoms with Gasteiger partial charge in [-0.05, 0) is 6.07 Å². The van der Waals surface area contributed by atoms with E-state index in [0.717, 1.165) is 0 Å². The third-order valence-corrected chi connectivity index (χ3v) is 3.70. The van der Waals surface area contributed by atoms with Gasteiger partial charge >= 0.3 is 5.97 Å². The van der Waals surface area contributed by atoms with Gasteiger partial charge in [0.25, 0.3) is 5.56 Å². The molecular weight excluding hydrogens is 272 g/mol. The van der Waals surface area contributed by atoms with Gasteiger partial charge in [-0.1, -0.05) is 25.1 Å². The first kappa shape index (κ1) is 13.8. The van der Waals surface area contributed by atoms with Gasteiger partial charge in [0.1, 0.15) is 0 Å². The fraction of sp³-hybridized carbons (Fsp3) is 0.400. The van der Waals surface area contributed by atoms with Crippen molar-refractivity contribution in [1.29, 1.82) is 0 Å². The fourth-order valence-electron chi connectivity index (χ4n) is 2.59. The quantitative estimate of drug-likeness (QED) is 0.909. The molecule has 0 radical (unpaired) electrons. The van der Waals surface area contributed by atoms with E-state index < -0.39 is 5.97 Å². The molecule has 3 rings (SSSR count). The van der Waals surface area contributed by atoms with Crippen molar-refractivity contribution in [3.63, 3.8) is 0 Å². The lowest BCUT2D eigenvalue weighted by Gasteiger charge is -2.37. The van der Waals surface area contributed by atoms with E-state index in [1.54, 1.807) is 24.3 Å². The number of aromatic nitrogens is 2. The molecule has 1 saturated heterocycles. The first-order valence-electron chi connectivity index (χ1n) is 6.77. The van der Waals surface area contributed by atoms with Crippen molar-refractivity contribution in [2.75, 3.05) is 13.2 Å². The molecule has 1 aliphatic rings. The molecule has 0 amide bonds. The summed E-state index contributed by atoms with van der Waals surface area (Å²) in [5.74, 6) is -0.962. The van der Waals surface area contributed by atoms with Crippen LogP contribution in [0.15, 0.2) is 29.1 Å². The van der Waals surface area contributed by atoms with Gasteiger partial charge in [0.15, 0.2) is 0 Å². The summed E-state index contributed by atoms with van der Waals surface area (Å²) in [4.78, 5) is 23.5. The molecule has 0 spiro atoms. The lowest BCUT2D eigenvalue weighted by Crippen LogP contribution is -2.45. The minimum Gasteiger partial charge on any atom is -0.481 e. The minimum atomic E-state index is -0.962. The number of hydrogen-bond acceptors (Lipinski definition) is 4. The molecule has 1 N–H and O–H groups in total. The molecular formula is C15H16N2O4. The summed E-state index contributed by atoms with van der Waals surface area (Å²) in [6.45, 7) is 3.63. The van der Waals surface area contributed by atoms with Crippen LogP contribution >= 0.6 is 0 Å². The van der Waals surface area contributed by atoms with Crippen molar-refractivity contribution in [1.82, 2.24) is 9.78 Å². The molecule has 0 saturated carbocycles. The minimum absolute atomic E-state index is 0.111. The van der Waals surface area contributed by atoms with Crippen LogP contribution in [0.2, 0.25) is 0 Å². The third-order valence-electron chi connectivity index (χ3n) is 3.70. The number of carboxylic acids is 1. The van der Waals surface area contributed by atoms with Crippen molar-refractivity contribution in [2.45, 2.75) is 19.9 Å². The highest BCUT2D eigenvalue weighted by Crippen LogP contribution is 2.28. The van der Waals surface area contributed by atoms with Gasteiger partial charge in [-0.25, -0.2) is 4.68 Å². The first-order chi connectivity index (χ1) is 9.98. The number of aliphatic carboxylic acids is 1. The standard InChI is InChI=1S/C15H16N2O4/c1-15(8-21-9-15)7-17-14(20)11-5-3-2-4-10(11)12(16-17)6-13(18)19/h2-5H,6-9H2,1H3,(H,18,19).